The molecule has 35 heavy (non-hydrogen) atoms. The lowest BCUT2D eigenvalue weighted by molar-refractivity contribution is -0.118. The fraction of sp³-hybridized carbons (Fsp3) is 0.185. The van der Waals surface area contributed by atoms with E-state index in [1.54, 1.807) is 7.11 Å². The minimum Gasteiger partial charge on any atom is -0.497 e. The van der Waals surface area contributed by atoms with Crippen LogP contribution in [0.3, 0.4) is 0 Å². The number of amides is 1. The number of hydrazone groups is 1. The fourth-order valence-electron chi connectivity index (χ4n) is 3.40. The molecule has 0 saturated heterocycles. The molecule has 0 saturated carbocycles. The van der Waals surface area contributed by atoms with E-state index in [0.29, 0.717) is 10.9 Å². The van der Waals surface area contributed by atoms with Crippen LogP contribution in [0.1, 0.15) is 23.6 Å². The van der Waals surface area contributed by atoms with Crippen molar-refractivity contribution in [2.24, 2.45) is 5.10 Å². The van der Waals surface area contributed by atoms with Crippen LogP contribution in [0.25, 0.3) is 17.1 Å². The number of nitrogens with one attached hydrogen (secondary N) is 1. The van der Waals surface area contributed by atoms with Gasteiger partial charge in [0.25, 0.3) is 5.91 Å². The molecule has 7 nitrogen and oxygen atoms in total. The Morgan fingerprint density at radius 1 is 1.00 bits per heavy atom. The Morgan fingerprint density at radius 2 is 1.69 bits per heavy atom. The number of hydrogen-bond acceptors (Lipinski definition) is 6. The smallest absolute Gasteiger partial charge is 0.250 e. The van der Waals surface area contributed by atoms with Crippen LogP contribution in [0.2, 0.25) is 0 Å². The molecule has 178 valence electrons. The van der Waals surface area contributed by atoms with E-state index in [4.69, 9.17) is 4.74 Å². The number of aromatic nitrogens is 3. The normalized spacial score (nSPS) is 11.4. The third kappa shape index (κ3) is 5.96. The number of benzene rings is 3. The maximum atomic E-state index is 12.6. The summed E-state index contributed by atoms with van der Waals surface area (Å²) in [6.45, 7) is 5.93. The van der Waals surface area contributed by atoms with E-state index in [1.165, 1.54) is 17.3 Å². The third-order valence-electron chi connectivity index (χ3n) is 5.40. The zero-order valence-corrected chi connectivity index (χ0v) is 21.0. The third-order valence-corrected chi connectivity index (χ3v) is 6.33. The number of thioether (sulfide) groups is 1. The van der Waals surface area contributed by atoms with Crippen molar-refractivity contribution in [1.82, 2.24) is 20.2 Å². The van der Waals surface area contributed by atoms with Gasteiger partial charge in [-0.1, -0.05) is 71.4 Å². The van der Waals surface area contributed by atoms with Crippen molar-refractivity contribution < 1.29 is 9.53 Å². The van der Waals surface area contributed by atoms with Crippen LogP contribution in [0.15, 0.2) is 83.1 Å². The number of hydrogen-bond donors (Lipinski definition) is 1. The molecular formula is C27H27N5O2S. The Balaban J connectivity index is 1.52. The molecule has 8 heteroatoms. The van der Waals surface area contributed by atoms with E-state index in [2.05, 4.69) is 20.7 Å². The Morgan fingerprint density at radius 3 is 2.37 bits per heavy atom. The van der Waals surface area contributed by atoms with Crippen molar-refractivity contribution in [2.45, 2.75) is 25.9 Å². The summed E-state index contributed by atoms with van der Waals surface area (Å²) in [6.07, 6.45) is 0. The first kappa shape index (κ1) is 24.2. The van der Waals surface area contributed by atoms with Crippen LogP contribution < -0.4 is 10.2 Å². The largest absolute Gasteiger partial charge is 0.497 e. The first-order valence-corrected chi connectivity index (χ1v) is 12.1. The van der Waals surface area contributed by atoms with Gasteiger partial charge in [0.2, 0.25) is 0 Å². The van der Waals surface area contributed by atoms with E-state index >= 15 is 0 Å². The number of aryl methyl sites for hydroxylation is 2. The van der Waals surface area contributed by atoms with Crippen molar-refractivity contribution in [1.29, 1.82) is 0 Å². The first-order valence-electron chi connectivity index (χ1n) is 11.1. The van der Waals surface area contributed by atoms with Gasteiger partial charge in [-0.2, -0.15) is 5.10 Å². The molecule has 4 rings (SSSR count). The van der Waals surface area contributed by atoms with Crippen LogP contribution in [0.5, 0.6) is 5.75 Å². The molecule has 0 radical (unpaired) electrons. The van der Waals surface area contributed by atoms with Crippen molar-refractivity contribution in [3.8, 4) is 22.8 Å². The summed E-state index contributed by atoms with van der Waals surface area (Å²) in [4.78, 5) is 12.6. The van der Waals surface area contributed by atoms with Crippen LogP contribution in [0.4, 0.5) is 0 Å². The minimum atomic E-state index is -0.229. The minimum absolute atomic E-state index is 0.146. The molecule has 0 unspecified atom stereocenters. The van der Waals surface area contributed by atoms with E-state index in [-0.39, 0.29) is 11.7 Å². The van der Waals surface area contributed by atoms with Gasteiger partial charge in [-0.15, -0.1) is 10.2 Å². The molecule has 0 aliphatic heterocycles. The molecular weight excluding hydrogens is 458 g/mol. The average Bonchev–Trinajstić information content (AvgIpc) is 3.30. The zero-order valence-electron chi connectivity index (χ0n) is 20.1. The molecule has 3 aromatic carbocycles. The molecule has 1 amide bonds. The molecule has 0 atom stereocenters. The first-order chi connectivity index (χ1) is 16.9. The van der Waals surface area contributed by atoms with Gasteiger partial charge in [-0.25, -0.2) is 5.43 Å². The molecule has 1 heterocycles. The molecule has 0 fully saturated rings. The number of carbonyl (C=O) groups excluding carboxylic acids is 1. The summed E-state index contributed by atoms with van der Waals surface area (Å²) in [7, 11) is 1.62. The zero-order chi connectivity index (χ0) is 24.8. The highest BCUT2D eigenvalue weighted by molar-refractivity contribution is 7.99. The molecule has 0 spiro atoms. The molecule has 0 aliphatic carbocycles. The van der Waals surface area contributed by atoms with Crippen molar-refractivity contribution >= 4 is 23.4 Å². The monoisotopic (exact) mass is 485 g/mol. The van der Waals surface area contributed by atoms with Crippen molar-refractivity contribution in [2.75, 3.05) is 12.9 Å². The number of ether oxygens (including phenoxy) is 1. The predicted molar refractivity (Wildman–Crippen MR) is 140 cm³/mol. The van der Waals surface area contributed by atoms with Gasteiger partial charge in [-0.3, -0.25) is 9.36 Å². The second-order valence-electron chi connectivity index (χ2n) is 8.10. The summed E-state index contributed by atoms with van der Waals surface area (Å²) in [5.74, 6) is 1.38. The van der Waals surface area contributed by atoms with E-state index in [9.17, 15) is 4.79 Å². The van der Waals surface area contributed by atoms with Crippen LogP contribution in [0, 0.1) is 13.8 Å². The summed E-state index contributed by atoms with van der Waals surface area (Å²) < 4.78 is 7.23. The summed E-state index contributed by atoms with van der Waals surface area (Å²) >= 11 is 1.31. The second-order valence-corrected chi connectivity index (χ2v) is 9.04. The lowest BCUT2D eigenvalue weighted by Crippen LogP contribution is -2.21. The lowest BCUT2D eigenvalue weighted by Gasteiger charge is -2.11. The standard InChI is InChI=1S/C27H27N5O2S/c1-18-8-12-21(13-9-18)26-30-31-27(32(26)23-14-10-19(2)11-15-23)35-17-25(33)29-28-20(3)22-6-5-7-24(16-22)34-4/h5-16H,17H2,1-4H3,(H,29,33)/b28-20-. The van der Waals surface area contributed by atoms with Crippen LogP contribution in [-0.4, -0.2) is 39.2 Å². The van der Waals surface area contributed by atoms with Gasteiger partial charge < -0.3 is 4.74 Å². The van der Waals surface area contributed by atoms with Gasteiger partial charge in [0.15, 0.2) is 11.0 Å². The van der Waals surface area contributed by atoms with Gasteiger partial charge in [0, 0.05) is 16.8 Å². The molecule has 0 bridgehead atoms. The Bertz CT molecular complexity index is 1350. The van der Waals surface area contributed by atoms with Crippen molar-refractivity contribution in [3.63, 3.8) is 0 Å². The fourth-order valence-corrected chi connectivity index (χ4v) is 4.15. The van der Waals surface area contributed by atoms with Crippen LogP contribution in [-0.2, 0) is 4.79 Å². The van der Waals surface area contributed by atoms with Gasteiger partial charge in [-0.05, 0) is 45.0 Å². The van der Waals surface area contributed by atoms with Crippen molar-refractivity contribution in [3.05, 3.63) is 89.5 Å². The molecule has 1 aromatic heterocycles. The molecule has 1 N–H and O–H groups in total. The van der Waals surface area contributed by atoms with Gasteiger partial charge >= 0.3 is 0 Å². The average molecular weight is 486 g/mol. The highest BCUT2D eigenvalue weighted by Crippen LogP contribution is 2.28. The second kappa shape index (κ2) is 11.0. The summed E-state index contributed by atoms with van der Waals surface area (Å²) in [5, 5.41) is 13.7. The maximum Gasteiger partial charge on any atom is 0.250 e. The Labute approximate surface area is 209 Å². The Kier molecular flexibility index (Phi) is 7.62. The lowest BCUT2D eigenvalue weighted by atomic mass is 10.1. The number of nitrogens with zero attached hydrogens (tertiary/aromatic N) is 4. The van der Waals surface area contributed by atoms with Gasteiger partial charge in [0.1, 0.15) is 5.75 Å². The van der Waals surface area contributed by atoms with Gasteiger partial charge in [0.05, 0.1) is 18.6 Å². The van der Waals surface area contributed by atoms with E-state index in [1.807, 2.05) is 98.1 Å². The molecule has 0 aliphatic rings. The topological polar surface area (TPSA) is 81.4 Å². The van der Waals surface area contributed by atoms with Crippen LogP contribution >= 0.6 is 11.8 Å². The summed E-state index contributed by atoms with van der Waals surface area (Å²) in [5.41, 5.74) is 8.42. The molecule has 4 aromatic rings. The Hall–Kier alpha value is -3.91. The summed E-state index contributed by atoms with van der Waals surface area (Å²) in [6, 6.07) is 23.8. The van der Waals surface area contributed by atoms with E-state index in [0.717, 1.165) is 34.0 Å². The maximum absolute atomic E-state index is 12.6. The quantitative estimate of drug-likeness (QED) is 0.211. The SMILES string of the molecule is COc1cccc(/C(C)=N\NC(=O)CSc2nnc(-c3ccc(C)cc3)n2-c2ccc(C)cc2)c1. The number of carbonyl (C=O) groups is 1. The van der Waals surface area contributed by atoms with E-state index < -0.39 is 0 Å². The predicted octanol–water partition coefficient (Wildman–Crippen LogP) is 5.19. The number of rotatable bonds is 8. The highest BCUT2D eigenvalue weighted by atomic mass is 32.2. The number of methoxy groups -OCH3 is 1. The highest BCUT2D eigenvalue weighted by Gasteiger charge is 2.17.